The van der Waals surface area contributed by atoms with Crippen molar-refractivity contribution in [3.8, 4) is 0 Å². The third kappa shape index (κ3) is 2.06. The fourth-order valence-corrected chi connectivity index (χ4v) is 2.14. The van der Waals surface area contributed by atoms with Crippen LogP contribution in [-0.4, -0.2) is 5.66 Å². The van der Waals surface area contributed by atoms with Gasteiger partial charge in [-0.2, -0.15) is 0 Å². The highest BCUT2D eigenvalue weighted by atomic mass is 31.0. The third-order valence-electron chi connectivity index (χ3n) is 3.10. The molecular weight excluding hydrogens is 199 g/mol. The van der Waals surface area contributed by atoms with Crippen LogP contribution < -0.4 is 0 Å². The summed E-state index contributed by atoms with van der Waals surface area (Å²) in [7, 11) is 2.90. The molecular formula is C14H17P. The van der Waals surface area contributed by atoms with Crippen molar-refractivity contribution in [2.24, 2.45) is 0 Å². The van der Waals surface area contributed by atoms with Gasteiger partial charge in [0.1, 0.15) is 0 Å². The van der Waals surface area contributed by atoms with Crippen LogP contribution in [0.15, 0.2) is 42.5 Å². The summed E-state index contributed by atoms with van der Waals surface area (Å²) in [6, 6.07) is 15.2. The molecule has 2 aromatic carbocycles. The van der Waals surface area contributed by atoms with Crippen LogP contribution in [0.3, 0.4) is 0 Å². The van der Waals surface area contributed by atoms with E-state index in [1.165, 1.54) is 16.3 Å². The van der Waals surface area contributed by atoms with Gasteiger partial charge in [-0.15, -0.1) is 9.24 Å². The largest absolute Gasteiger partial charge is 0.134 e. The molecule has 0 bridgehead atoms. The molecule has 0 spiro atoms. The van der Waals surface area contributed by atoms with Crippen molar-refractivity contribution in [2.45, 2.75) is 25.4 Å². The quantitative estimate of drug-likeness (QED) is 0.660. The van der Waals surface area contributed by atoms with E-state index in [1.54, 1.807) is 0 Å². The average Bonchev–Trinajstić information content (AvgIpc) is 2.27. The van der Waals surface area contributed by atoms with Crippen LogP contribution in [0.25, 0.3) is 10.8 Å². The average molecular weight is 216 g/mol. The Bertz CT molecular complexity index is 454. The molecule has 0 fully saturated rings. The summed E-state index contributed by atoms with van der Waals surface area (Å²) in [6.07, 6.45) is 0. The number of rotatable bonds is 2. The van der Waals surface area contributed by atoms with E-state index < -0.39 is 0 Å². The zero-order chi connectivity index (χ0) is 10.8. The highest BCUT2D eigenvalue weighted by Gasteiger charge is 2.12. The first kappa shape index (κ1) is 10.6. The number of hydrogen-bond acceptors (Lipinski definition) is 0. The Morgan fingerprint density at radius 2 is 1.60 bits per heavy atom. The predicted molar refractivity (Wildman–Crippen MR) is 71.5 cm³/mol. The second kappa shape index (κ2) is 4.33. The first-order chi connectivity index (χ1) is 7.20. The van der Waals surface area contributed by atoms with Crippen LogP contribution in [0.2, 0.25) is 0 Å². The van der Waals surface area contributed by atoms with Crippen molar-refractivity contribution in [1.82, 2.24) is 0 Å². The maximum Gasteiger partial charge on any atom is -0.0124 e. The summed E-state index contributed by atoms with van der Waals surface area (Å²) in [4.78, 5) is 0. The minimum absolute atomic E-state index is 0.584. The Morgan fingerprint density at radius 1 is 0.933 bits per heavy atom. The Kier molecular flexibility index (Phi) is 3.07. The van der Waals surface area contributed by atoms with Gasteiger partial charge in [0.05, 0.1) is 0 Å². The van der Waals surface area contributed by atoms with E-state index >= 15 is 0 Å². The van der Waals surface area contributed by atoms with E-state index in [9.17, 15) is 0 Å². The maximum atomic E-state index is 2.90. The van der Waals surface area contributed by atoms with Gasteiger partial charge in [0.25, 0.3) is 0 Å². The summed E-state index contributed by atoms with van der Waals surface area (Å²) < 4.78 is 0. The Hall–Kier alpha value is -0.870. The van der Waals surface area contributed by atoms with Gasteiger partial charge in [-0.05, 0) is 27.9 Å². The van der Waals surface area contributed by atoms with Crippen molar-refractivity contribution < 1.29 is 0 Å². The topological polar surface area (TPSA) is 0 Å². The molecule has 15 heavy (non-hydrogen) atoms. The highest BCUT2D eigenvalue weighted by Crippen LogP contribution is 2.30. The molecule has 0 aliphatic heterocycles. The fourth-order valence-electron chi connectivity index (χ4n) is 1.93. The maximum absolute atomic E-state index is 2.90. The van der Waals surface area contributed by atoms with Gasteiger partial charge >= 0.3 is 0 Å². The van der Waals surface area contributed by atoms with E-state index in [1.807, 2.05) is 0 Å². The van der Waals surface area contributed by atoms with E-state index in [4.69, 9.17) is 0 Å². The summed E-state index contributed by atoms with van der Waals surface area (Å²) in [5.41, 5.74) is 2.06. The lowest BCUT2D eigenvalue weighted by Crippen LogP contribution is -2.04. The van der Waals surface area contributed by atoms with Gasteiger partial charge in [-0.25, -0.2) is 0 Å². The van der Waals surface area contributed by atoms with Crippen molar-refractivity contribution >= 4 is 20.0 Å². The smallest absolute Gasteiger partial charge is 0.0124 e. The highest BCUT2D eigenvalue weighted by molar-refractivity contribution is 7.17. The normalized spacial score (nSPS) is 15.1. The van der Waals surface area contributed by atoms with Crippen molar-refractivity contribution in [2.75, 3.05) is 0 Å². The standard InChI is InChI=1S/C14H17P/c1-10(11(2)15)13-9-5-7-12-6-3-4-8-14(12)13/h3-11H,15H2,1-2H3. The fraction of sp³-hybridized carbons (Fsp3) is 0.286. The lowest BCUT2D eigenvalue weighted by Gasteiger charge is -2.17. The van der Waals surface area contributed by atoms with E-state index in [-0.39, 0.29) is 0 Å². The zero-order valence-corrected chi connectivity index (χ0v) is 10.4. The Morgan fingerprint density at radius 3 is 2.33 bits per heavy atom. The number of benzene rings is 2. The molecule has 0 aliphatic rings. The van der Waals surface area contributed by atoms with Crippen molar-refractivity contribution in [3.05, 3.63) is 48.0 Å². The van der Waals surface area contributed by atoms with Crippen molar-refractivity contribution in [3.63, 3.8) is 0 Å². The zero-order valence-electron chi connectivity index (χ0n) is 9.27. The summed E-state index contributed by atoms with van der Waals surface area (Å²) in [6.45, 7) is 4.54. The van der Waals surface area contributed by atoms with Gasteiger partial charge in [0, 0.05) is 0 Å². The van der Waals surface area contributed by atoms with Gasteiger partial charge in [-0.1, -0.05) is 56.3 Å². The van der Waals surface area contributed by atoms with E-state index in [0.717, 1.165) is 0 Å². The molecule has 1 heteroatoms. The van der Waals surface area contributed by atoms with Crippen LogP contribution in [0.1, 0.15) is 25.3 Å². The second-order valence-corrected chi connectivity index (χ2v) is 5.27. The first-order valence-electron chi connectivity index (χ1n) is 5.43. The molecule has 3 unspecified atom stereocenters. The molecule has 2 rings (SSSR count). The molecule has 0 saturated carbocycles. The lowest BCUT2D eigenvalue weighted by atomic mass is 9.93. The van der Waals surface area contributed by atoms with Gasteiger partial charge in [0.15, 0.2) is 0 Å². The minimum Gasteiger partial charge on any atom is -0.134 e. The molecule has 3 atom stereocenters. The lowest BCUT2D eigenvalue weighted by molar-refractivity contribution is 0.758. The first-order valence-corrected chi connectivity index (χ1v) is 6.10. The molecule has 78 valence electrons. The molecule has 2 aromatic rings. The monoisotopic (exact) mass is 216 g/mol. The molecule has 0 N–H and O–H groups in total. The number of hydrogen-bond donors (Lipinski definition) is 0. The van der Waals surface area contributed by atoms with Gasteiger partial charge in [0.2, 0.25) is 0 Å². The molecule has 0 heterocycles. The SMILES string of the molecule is CC(P)C(C)c1cccc2ccccc12. The summed E-state index contributed by atoms with van der Waals surface area (Å²) in [5.74, 6) is 0.584. The molecule has 0 saturated heterocycles. The summed E-state index contributed by atoms with van der Waals surface area (Å²) in [5, 5.41) is 2.73. The Labute approximate surface area is 93.9 Å². The van der Waals surface area contributed by atoms with E-state index in [0.29, 0.717) is 11.6 Å². The number of fused-ring (bicyclic) bond motifs is 1. The van der Waals surface area contributed by atoms with Crippen LogP contribution in [0.4, 0.5) is 0 Å². The van der Waals surface area contributed by atoms with Crippen molar-refractivity contribution in [1.29, 1.82) is 0 Å². The predicted octanol–water partition coefficient (Wildman–Crippen LogP) is 4.21. The van der Waals surface area contributed by atoms with Crippen LogP contribution in [-0.2, 0) is 0 Å². The van der Waals surface area contributed by atoms with Crippen LogP contribution in [0.5, 0.6) is 0 Å². The molecule has 0 radical (unpaired) electrons. The van der Waals surface area contributed by atoms with Gasteiger partial charge in [-0.3, -0.25) is 0 Å². The second-order valence-electron chi connectivity index (χ2n) is 4.22. The van der Waals surface area contributed by atoms with Gasteiger partial charge < -0.3 is 0 Å². The van der Waals surface area contributed by atoms with E-state index in [2.05, 4.69) is 65.6 Å². The van der Waals surface area contributed by atoms with Crippen LogP contribution >= 0.6 is 9.24 Å². The third-order valence-corrected chi connectivity index (χ3v) is 3.68. The Balaban J connectivity index is 2.60. The summed E-state index contributed by atoms with van der Waals surface area (Å²) >= 11 is 0. The molecule has 0 aromatic heterocycles. The molecule has 0 nitrogen and oxygen atoms in total. The molecule has 0 aliphatic carbocycles. The minimum atomic E-state index is 0.584. The van der Waals surface area contributed by atoms with Crippen LogP contribution in [0, 0.1) is 0 Å². The molecule has 0 amide bonds.